The quantitative estimate of drug-likeness (QED) is 0.316. The van der Waals surface area contributed by atoms with Crippen LogP contribution in [0.1, 0.15) is 5.76 Å². The third-order valence-corrected chi connectivity index (χ3v) is 1.38. The maximum atomic E-state index is 10.6. The Balaban J connectivity index is 2.73. The van der Waals surface area contributed by atoms with E-state index in [1.165, 1.54) is 25.3 Å². The minimum Gasteiger partial charge on any atom is -0.466 e. The first-order chi connectivity index (χ1) is 6.63. The van der Waals surface area contributed by atoms with E-state index in [2.05, 4.69) is 4.74 Å². The summed E-state index contributed by atoms with van der Waals surface area (Å²) in [6.45, 7) is 0. The van der Waals surface area contributed by atoms with E-state index in [9.17, 15) is 14.9 Å². The summed E-state index contributed by atoms with van der Waals surface area (Å²) < 4.78 is 9.07. The zero-order valence-electron chi connectivity index (χ0n) is 7.30. The first kappa shape index (κ1) is 9.97. The molecule has 14 heavy (non-hydrogen) atoms. The fraction of sp³-hybridized carbons (Fsp3) is 0.125. The number of esters is 1. The van der Waals surface area contributed by atoms with Crippen LogP contribution >= 0.6 is 0 Å². The van der Waals surface area contributed by atoms with Crippen molar-refractivity contribution in [2.75, 3.05) is 7.11 Å². The molecule has 0 saturated carbocycles. The van der Waals surface area contributed by atoms with Gasteiger partial charge in [0, 0.05) is 6.08 Å². The van der Waals surface area contributed by atoms with Gasteiger partial charge in [0.25, 0.3) is 0 Å². The SMILES string of the molecule is COC(=O)/C=C\c1ccc([N+](=O)[O-])o1. The Hall–Kier alpha value is -2.11. The van der Waals surface area contributed by atoms with Crippen LogP contribution in [0.3, 0.4) is 0 Å². The van der Waals surface area contributed by atoms with Crippen LogP contribution in [0, 0.1) is 10.1 Å². The lowest BCUT2D eigenvalue weighted by Crippen LogP contribution is -1.92. The van der Waals surface area contributed by atoms with Crippen LogP contribution in [0.4, 0.5) is 5.88 Å². The highest BCUT2D eigenvalue weighted by molar-refractivity contribution is 5.86. The van der Waals surface area contributed by atoms with E-state index in [1.807, 2.05) is 0 Å². The number of hydrogen-bond acceptors (Lipinski definition) is 5. The average Bonchev–Trinajstić information content (AvgIpc) is 2.62. The number of hydrogen-bond donors (Lipinski definition) is 0. The Morgan fingerprint density at radius 3 is 2.86 bits per heavy atom. The first-order valence-corrected chi connectivity index (χ1v) is 3.63. The topological polar surface area (TPSA) is 82.6 Å². The minimum absolute atomic E-state index is 0.224. The summed E-state index contributed by atoms with van der Waals surface area (Å²) in [6, 6.07) is 2.59. The third kappa shape index (κ3) is 2.44. The van der Waals surface area contributed by atoms with Crippen molar-refractivity contribution in [1.82, 2.24) is 0 Å². The molecule has 0 bridgehead atoms. The highest BCUT2D eigenvalue weighted by atomic mass is 16.6. The zero-order chi connectivity index (χ0) is 10.6. The Morgan fingerprint density at radius 1 is 1.64 bits per heavy atom. The lowest BCUT2D eigenvalue weighted by Gasteiger charge is -1.87. The van der Waals surface area contributed by atoms with Gasteiger partial charge in [0.05, 0.1) is 13.2 Å². The summed E-state index contributed by atoms with van der Waals surface area (Å²) in [5, 5.41) is 10.2. The molecule has 1 rings (SSSR count). The van der Waals surface area contributed by atoms with Crippen LogP contribution in [0.15, 0.2) is 22.6 Å². The molecule has 0 radical (unpaired) electrons. The van der Waals surface area contributed by atoms with E-state index < -0.39 is 10.9 Å². The molecule has 6 heteroatoms. The van der Waals surface area contributed by atoms with Gasteiger partial charge in [-0.15, -0.1) is 0 Å². The van der Waals surface area contributed by atoms with Gasteiger partial charge in [-0.25, -0.2) is 4.79 Å². The molecule has 1 heterocycles. The van der Waals surface area contributed by atoms with Crippen molar-refractivity contribution in [1.29, 1.82) is 0 Å². The van der Waals surface area contributed by atoms with Gasteiger partial charge in [0.1, 0.15) is 10.7 Å². The number of nitrogens with zero attached hydrogens (tertiary/aromatic N) is 1. The molecule has 74 valence electrons. The second-order valence-electron chi connectivity index (χ2n) is 2.29. The zero-order valence-corrected chi connectivity index (χ0v) is 7.30. The summed E-state index contributed by atoms with van der Waals surface area (Å²) in [7, 11) is 1.23. The van der Waals surface area contributed by atoms with Gasteiger partial charge in [0.15, 0.2) is 0 Å². The normalized spacial score (nSPS) is 10.4. The second-order valence-corrected chi connectivity index (χ2v) is 2.29. The Morgan fingerprint density at radius 2 is 2.36 bits per heavy atom. The molecule has 1 aromatic heterocycles. The van der Waals surface area contributed by atoms with Crippen LogP contribution in [0.2, 0.25) is 0 Å². The molecule has 0 saturated heterocycles. The number of furan rings is 1. The largest absolute Gasteiger partial charge is 0.466 e. The third-order valence-electron chi connectivity index (χ3n) is 1.38. The molecule has 0 unspecified atom stereocenters. The minimum atomic E-state index is -0.657. The molecule has 0 aliphatic rings. The van der Waals surface area contributed by atoms with Gasteiger partial charge in [-0.05, 0) is 12.1 Å². The molecular formula is C8H7NO5. The molecule has 1 aromatic rings. The van der Waals surface area contributed by atoms with E-state index in [-0.39, 0.29) is 11.6 Å². The maximum absolute atomic E-state index is 10.6. The standard InChI is InChI=1S/C8H7NO5/c1-13-8(10)5-3-6-2-4-7(14-6)9(11)12/h2-5H,1H3/b5-3-. The van der Waals surface area contributed by atoms with Crippen molar-refractivity contribution in [2.24, 2.45) is 0 Å². The van der Waals surface area contributed by atoms with E-state index in [0.29, 0.717) is 0 Å². The monoisotopic (exact) mass is 197 g/mol. The van der Waals surface area contributed by atoms with Crippen LogP contribution in [-0.2, 0) is 9.53 Å². The first-order valence-electron chi connectivity index (χ1n) is 3.63. The Kier molecular flexibility index (Phi) is 3.01. The summed E-state index contributed by atoms with van der Waals surface area (Å²) in [5.41, 5.74) is 0. The van der Waals surface area contributed by atoms with Crippen molar-refractivity contribution < 1.29 is 18.9 Å². The van der Waals surface area contributed by atoms with E-state index in [0.717, 1.165) is 6.08 Å². The number of ether oxygens (including phenoxy) is 1. The molecule has 0 atom stereocenters. The molecule has 0 aliphatic heterocycles. The smallest absolute Gasteiger partial charge is 0.433 e. The molecule has 0 amide bonds. The predicted molar refractivity (Wildman–Crippen MR) is 46.4 cm³/mol. The van der Waals surface area contributed by atoms with Gasteiger partial charge >= 0.3 is 11.9 Å². The van der Waals surface area contributed by atoms with Gasteiger partial charge < -0.3 is 9.15 Å². The summed E-state index contributed by atoms with van der Waals surface area (Å²) in [5.74, 6) is -0.694. The Bertz CT molecular complexity index is 379. The number of nitro groups is 1. The fourth-order valence-corrected chi connectivity index (χ4v) is 0.748. The predicted octanol–water partition coefficient (Wildman–Crippen LogP) is 1.37. The van der Waals surface area contributed by atoms with Crippen LogP contribution in [0.25, 0.3) is 6.08 Å². The number of carbonyl (C=O) groups excluding carboxylic acids is 1. The number of carbonyl (C=O) groups is 1. The van der Waals surface area contributed by atoms with Crippen molar-refractivity contribution in [3.05, 3.63) is 34.1 Å². The maximum Gasteiger partial charge on any atom is 0.433 e. The highest BCUT2D eigenvalue weighted by Gasteiger charge is 2.09. The summed E-state index contributed by atoms with van der Waals surface area (Å²) >= 11 is 0. The lowest BCUT2D eigenvalue weighted by atomic mass is 10.4. The van der Waals surface area contributed by atoms with Crippen LogP contribution in [-0.4, -0.2) is 18.0 Å². The summed E-state index contributed by atoms with van der Waals surface area (Å²) in [6.07, 6.45) is 2.40. The Labute approximate surface area is 78.9 Å². The number of rotatable bonds is 3. The average molecular weight is 197 g/mol. The van der Waals surface area contributed by atoms with E-state index >= 15 is 0 Å². The fourth-order valence-electron chi connectivity index (χ4n) is 0.748. The van der Waals surface area contributed by atoms with Crippen LogP contribution < -0.4 is 0 Å². The molecular weight excluding hydrogens is 190 g/mol. The van der Waals surface area contributed by atoms with Crippen molar-refractivity contribution in [2.45, 2.75) is 0 Å². The molecule has 0 spiro atoms. The van der Waals surface area contributed by atoms with Crippen molar-refractivity contribution >= 4 is 17.9 Å². The van der Waals surface area contributed by atoms with E-state index in [4.69, 9.17) is 4.42 Å². The summed E-state index contributed by atoms with van der Waals surface area (Å²) in [4.78, 5) is 20.2. The van der Waals surface area contributed by atoms with Gasteiger partial charge in [0.2, 0.25) is 0 Å². The van der Waals surface area contributed by atoms with E-state index in [1.54, 1.807) is 0 Å². The molecule has 0 fully saturated rings. The number of methoxy groups -OCH3 is 1. The van der Waals surface area contributed by atoms with Crippen molar-refractivity contribution in [3.8, 4) is 0 Å². The highest BCUT2D eigenvalue weighted by Crippen LogP contribution is 2.16. The van der Waals surface area contributed by atoms with Gasteiger partial charge in [-0.3, -0.25) is 10.1 Å². The lowest BCUT2D eigenvalue weighted by molar-refractivity contribution is -0.402. The van der Waals surface area contributed by atoms with Gasteiger partial charge in [-0.2, -0.15) is 0 Å². The van der Waals surface area contributed by atoms with Crippen molar-refractivity contribution in [3.63, 3.8) is 0 Å². The second kappa shape index (κ2) is 4.22. The van der Waals surface area contributed by atoms with Crippen LogP contribution in [0.5, 0.6) is 0 Å². The molecule has 0 aliphatic carbocycles. The molecule has 0 N–H and O–H groups in total. The molecule has 0 aromatic carbocycles. The molecule has 6 nitrogen and oxygen atoms in total. The van der Waals surface area contributed by atoms with Gasteiger partial charge in [-0.1, -0.05) is 0 Å².